The molecule has 0 spiro atoms. The molecule has 2 aromatic rings. The smallest absolute Gasteiger partial charge is 0.224 e. The molecule has 112 valence electrons. The van der Waals surface area contributed by atoms with Gasteiger partial charge < -0.3 is 11.1 Å². The molecule has 0 aliphatic carbocycles. The normalized spacial score (nSPS) is 12.1. The molecule has 0 aliphatic rings. The standard InChI is InChI=1S/C15H21N5O/c1-12(8-9-16)6-7-15(21)18-13-4-2-3-5-14(13)20-11-10-17-19-20/h2-5,10-12H,6-9,16H2,1H3,(H,18,21). The zero-order valence-corrected chi connectivity index (χ0v) is 12.2. The molecule has 1 atom stereocenters. The molecule has 0 radical (unpaired) electrons. The second-order valence-electron chi connectivity index (χ2n) is 5.13. The van der Waals surface area contributed by atoms with Gasteiger partial charge in [0.2, 0.25) is 5.91 Å². The average molecular weight is 287 g/mol. The Bertz CT molecular complexity index is 567. The number of para-hydroxylation sites is 2. The van der Waals surface area contributed by atoms with E-state index in [2.05, 4.69) is 22.6 Å². The van der Waals surface area contributed by atoms with Crippen molar-refractivity contribution in [3.8, 4) is 5.69 Å². The molecule has 6 nitrogen and oxygen atoms in total. The molecule has 0 saturated heterocycles. The number of carbonyl (C=O) groups is 1. The van der Waals surface area contributed by atoms with E-state index in [1.165, 1.54) is 0 Å². The Hall–Kier alpha value is -2.21. The maximum atomic E-state index is 12.1. The summed E-state index contributed by atoms with van der Waals surface area (Å²) in [5.74, 6) is 0.470. The first kappa shape index (κ1) is 15.2. The summed E-state index contributed by atoms with van der Waals surface area (Å²) in [6.45, 7) is 2.78. The van der Waals surface area contributed by atoms with Crippen molar-refractivity contribution in [1.29, 1.82) is 0 Å². The minimum atomic E-state index is 0.00596. The third kappa shape index (κ3) is 4.39. The van der Waals surface area contributed by atoms with Crippen molar-refractivity contribution in [3.63, 3.8) is 0 Å². The van der Waals surface area contributed by atoms with Gasteiger partial charge in [-0.05, 0) is 37.4 Å². The van der Waals surface area contributed by atoms with Gasteiger partial charge in [0.15, 0.2) is 0 Å². The maximum Gasteiger partial charge on any atom is 0.224 e. The Balaban J connectivity index is 1.98. The molecule has 1 aromatic heterocycles. The molecule has 0 saturated carbocycles. The van der Waals surface area contributed by atoms with E-state index in [9.17, 15) is 4.79 Å². The highest BCUT2D eigenvalue weighted by molar-refractivity contribution is 5.92. The Morgan fingerprint density at radius 3 is 2.90 bits per heavy atom. The minimum Gasteiger partial charge on any atom is -0.330 e. The molecule has 0 bridgehead atoms. The number of nitrogens with two attached hydrogens (primary N) is 1. The van der Waals surface area contributed by atoms with E-state index in [1.807, 2.05) is 24.3 Å². The monoisotopic (exact) mass is 287 g/mol. The van der Waals surface area contributed by atoms with Crippen LogP contribution in [0, 0.1) is 5.92 Å². The van der Waals surface area contributed by atoms with Crippen molar-refractivity contribution in [3.05, 3.63) is 36.7 Å². The number of rotatable bonds is 7. The van der Waals surface area contributed by atoms with Gasteiger partial charge in [0.05, 0.1) is 23.8 Å². The van der Waals surface area contributed by atoms with Gasteiger partial charge in [0.1, 0.15) is 0 Å². The zero-order valence-electron chi connectivity index (χ0n) is 12.2. The van der Waals surface area contributed by atoms with Crippen LogP contribution in [0.25, 0.3) is 5.69 Å². The lowest BCUT2D eigenvalue weighted by Gasteiger charge is -2.12. The van der Waals surface area contributed by atoms with E-state index < -0.39 is 0 Å². The number of benzene rings is 1. The molecule has 21 heavy (non-hydrogen) atoms. The van der Waals surface area contributed by atoms with Crippen molar-refractivity contribution in [2.24, 2.45) is 11.7 Å². The predicted octanol–water partition coefficient (Wildman–Crippen LogP) is 1.97. The first-order chi connectivity index (χ1) is 10.2. The van der Waals surface area contributed by atoms with E-state index in [0.29, 0.717) is 18.9 Å². The van der Waals surface area contributed by atoms with Crippen LogP contribution in [0.3, 0.4) is 0 Å². The molecule has 1 heterocycles. The second kappa shape index (κ2) is 7.54. The third-order valence-corrected chi connectivity index (χ3v) is 3.37. The van der Waals surface area contributed by atoms with Crippen molar-refractivity contribution < 1.29 is 4.79 Å². The van der Waals surface area contributed by atoms with E-state index in [1.54, 1.807) is 17.1 Å². The number of amides is 1. The van der Waals surface area contributed by atoms with Crippen LogP contribution >= 0.6 is 0 Å². The van der Waals surface area contributed by atoms with Gasteiger partial charge in [-0.2, -0.15) is 0 Å². The Morgan fingerprint density at radius 2 is 2.19 bits per heavy atom. The highest BCUT2D eigenvalue weighted by Gasteiger charge is 2.10. The van der Waals surface area contributed by atoms with E-state index in [-0.39, 0.29) is 5.91 Å². The van der Waals surface area contributed by atoms with Gasteiger partial charge in [0, 0.05) is 6.42 Å². The average Bonchev–Trinajstić information content (AvgIpc) is 3.00. The summed E-state index contributed by atoms with van der Waals surface area (Å²) >= 11 is 0. The first-order valence-corrected chi connectivity index (χ1v) is 7.16. The lowest BCUT2D eigenvalue weighted by molar-refractivity contribution is -0.116. The largest absolute Gasteiger partial charge is 0.330 e. The van der Waals surface area contributed by atoms with Crippen LogP contribution in [-0.2, 0) is 4.79 Å². The van der Waals surface area contributed by atoms with Crippen molar-refractivity contribution in [2.45, 2.75) is 26.2 Å². The summed E-state index contributed by atoms with van der Waals surface area (Å²) in [7, 11) is 0. The number of hydrogen-bond acceptors (Lipinski definition) is 4. The Morgan fingerprint density at radius 1 is 1.38 bits per heavy atom. The number of aromatic nitrogens is 3. The lowest BCUT2D eigenvalue weighted by atomic mass is 10.0. The predicted molar refractivity (Wildman–Crippen MR) is 82.1 cm³/mol. The van der Waals surface area contributed by atoms with E-state index in [0.717, 1.165) is 24.2 Å². The van der Waals surface area contributed by atoms with Gasteiger partial charge in [-0.1, -0.05) is 24.3 Å². The van der Waals surface area contributed by atoms with Gasteiger partial charge >= 0.3 is 0 Å². The zero-order chi connectivity index (χ0) is 15.1. The summed E-state index contributed by atoms with van der Waals surface area (Å²) in [6, 6.07) is 7.53. The van der Waals surface area contributed by atoms with Gasteiger partial charge in [-0.15, -0.1) is 5.10 Å². The first-order valence-electron chi connectivity index (χ1n) is 7.16. The van der Waals surface area contributed by atoms with Crippen LogP contribution in [0.5, 0.6) is 0 Å². The van der Waals surface area contributed by atoms with Gasteiger partial charge in [0.25, 0.3) is 0 Å². The van der Waals surface area contributed by atoms with Crippen LogP contribution in [0.15, 0.2) is 36.7 Å². The molecule has 6 heteroatoms. The SMILES string of the molecule is CC(CCN)CCC(=O)Nc1ccccc1-n1ccnn1. The highest BCUT2D eigenvalue weighted by Crippen LogP contribution is 2.19. The van der Waals surface area contributed by atoms with Crippen LogP contribution in [0.2, 0.25) is 0 Å². The molecule has 1 unspecified atom stereocenters. The van der Waals surface area contributed by atoms with Crippen LogP contribution in [0.1, 0.15) is 26.2 Å². The van der Waals surface area contributed by atoms with Crippen LogP contribution in [-0.4, -0.2) is 27.4 Å². The number of carbonyl (C=O) groups excluding carboxylic acids is 1. The molecule has 2 rings (SSSR count). The summed E-state index contributed by atoms with van der Waals surface area (Å²) in [5.41, 5.74) is 7.06. The van der Waals surface area contributed by atoms with Crippen molar-refractivity contribution in [1.82, 2.24) is 15.0 Å². The molecule has 1 amide bonds. The fourth-order valence-electron chi connectivity index (χ4n) is 2.13. The van der Waals surface area contributed by atoms with E-state index in [4.69, 9.17) is 5.73 Å². The van der Waals surface area contributed by atoms with E-state index >= 15 is 0 Å². The Labute approximate surface area is 124 Å². The molecule has 3 N–H and O–H groups in total. The summed E-state index contributed by atoms with van der Waals surface area (Å²) < 4.78 is 1.63. The molecular formula is C15H21N5O. The number of hydrogen-bond donors (Lipinski definition) is 2. The highest BCUT2D eigenvalue weighted by atomic mass is 16.1. The fraction of sp³-hybridized carbons (Fsp3) is 0.400. The molecule has 0 fully saturated rings. The number of nitrogens with one attached hydrogen (secondary N) is 1. The topological polar surface area (TPSA) is 85.8 Å². The quantitative estimate of drug-likeness (QED) is 0.815. The Kier molecular flexibility index (Phi) is 5.45. The van der Waals surface area contributed by atoms with Crippen molar-refractivity contribution >= 4 is 11.6 Å². The summed E-state index contributed by atoms with van der Waals surface area (Å²) in [4.78, 5) is 12.1. The van der Waals surface area contributed by atoms with Gasteiger partial charge in [-0.3, -0.25) is 4.79 Å². The number of nitrogens with zero attached hydrogens (tertiary/aromatic N) is 3. The van der Waals surface area contributed by atoms with Crippen LogP contribution in [0.4, 0.5) is 5.69 Å². The van der Waals surface area contributed by atoms with Crippen molar-refractivity contribution in [2.75, 3.05) is 11.9 Å². The minimum absolute atomic E-state index is 0.00596. The third-order valence-electron chi connectivity index (χ3n) is 3.37. The second-order valence-corrected chi connectivity index (χ2v) is 5.13. The fourth-order valence-corrected chi connectivity index (χ4v) is 2.13. The summed E-state index contributed by atoms with van der Waals surface area (Å²) in [5, 5.41) is 10.7. The lowest BCUT2D eigenvalue weighted by Crippen LogP contribution is -2.15. The summed E-state index contributed by atoms with van der Waals surface area (Å²) in [6.07, 6.45) is 5.63. The molecular weight excluding hydrogens is 266 g/mol. The van der Waals surface area contributed by atoms with Crippen LogP contribution < -0.4 is 11.1 Å². The molecule has 1 aromatic carbocycles. The number of anilines is 1. The van der Waals surface area contributed by atoms with Gasteiger partial charge in [-0.25, -0.2) is 4.68 Å². The maximum absolute atomic E-state index is 12.1. The molecule has 0 aliphatic heterocycles.